The molecule has 2 aromatic carbocycles. The molecule has 0 heterocycles. The molecule has 0 amide bonds. The largest absolute Gasteiger partial charge is 0.493 e. The van der Waals surface area contributed by atoms with Crippen molar-refractivity contribution < 1.29 is 38.7 Å². The van der Waals surface area contributed by atoms with Gasteiger partial charge in [0.2, 0.25) is 0 Å². The Kier molecular flexibility index (Phi) is 10.3. The molecule has 0 saturated carbocycles. The van der Waals surface area contributed by atoms with Gasteiger partial charge in [0.15, 0.2) is 23.0 Å². The first-order chi connectivity index (χ1) is 15.9. The summed E-state index contributed by atoms with van der Waals surface area (Å²) in [6.45, 7) is 0.947. The molecule has 0 radical (unpaired) electrons. The van der Waals surface area contributed by atoms with E-state index in [1.165, 1.54) is 12.2 Å². The highest BCUT2D eigenvalue weighted by Gasteiger charge is 2.07. The van der Waals surface area contributed by atoms with Crippen LogP contribution in [-0.4, -0.2) is 49.6 Å². The van der Waals surface area contributed by atoms with E-state index in [9.17, 15) is 9.59 Å². The number of methoxy groups -OCH3 is 2. The van der Waals surface area contributed by atoms with E-state index in [0.29, 0.717) is 47.3 Å². The Morgan fingerprint density at radius 1 is 0.697 bits per heavy atom. The number of unbranched alkanes of at least 4 members (excludes halogenated alkanes) is 2. The molecule has 0 saturated heterocycles. The number of hydrogen-bond donors (Lipinski definition) is 2. The molecule has 8 nitrogen and oxygen atoms in total. The number of carbonyl (C=O) groups is 2. The zero-order chi connectivity index (χ0) is 24.1. The van der Waals surface area contributed by atoms with Gasteiger partial charge in [-0.05, 0) is 66.8 Å². The van der Waals surface area contributed by atoms with E-state index in [0.717, 1.165) is 31.4 Å². The van der Waals surface area contributed by atoms with E-state index in [2.05, 4.69) is 0 Å². The zero-order valence-corrected chi connectivity index (χ0v) is 18.7. The Bertz CT molecular complexity index is 914. The van der Waals surface area contributed by atoms with Gasteiger partial charge >= 0.3 is 11.9 Å². The molecule has 0 aliphatic carbocycles. The van der Waals surface area contributed by atoms with Gasteiger partial charge in [-0.1, -0.05) is 12.1 Å². The molecule has 0 bridgehead atoms. The maximum absolute atomic E-state index is 10.7. The van der Waals surface area contributed by atoms with Crippen molar-refractivity contribution in [1.29, 1.82) is 0 Å². The predicted octanol–water partition coefficient (Wildman–Crippen LogP) is 4.53. The number of carboxylic acids is 2. The van der Waals surface area contributed by atoms with Gasteiger partial charge in [-0.15, -0.1) is 0 Å². The molecule has 0 fully saturated rings. The summed E-state index contributed by atoms with van der Waals surface area (Å²) in [6, 6.07) is 10.4. The molecule has 0 aliphatic heterocycles. The fourth-order valence-electron chi connectivity index (χ4n) is 2.90. The SMILES string of the molecule is COc1ccc(/C=C/C(=O)O)cc1OCCCCCOc1cc(/C=C/C(=O)O)ccc1OC. The third-order valence-corrected chi connectivity index (χ3v) is 4.52. The highest BCUT2D eigenvalue weighted by atomic mass is 16.5. The summed E-state index contributed by atoms with van der Waals surface area (Å²) in [5, 5.41) is 17.5. The van der Waals surface area contributed by atoms with Gasteiger partial charge in [0.25, 0.3) is 0 Å². The van der Waals surface area contributed by atoms with Crippen LogP contribution in [0.3, 0.4) is 0 Å². The van der Waals surface area contributed by atoms with Crippen LogP contribution in [0.4, 0.5) is 0 Å². The minimum absolute atomic E-state index is 0.473. The third kappa shape index (κ3) is 8.98. The van der Waals surface area contributed by atoms with E-state index in [-0.39, 0.29) is 0 Å². The highest BCUT2D eigenvalue weighted by Crippen LogP contribution is 2.30. The van der Waals surface area contributed by atoms with Crippen molar-refractivity contribution in [3.8, 4) is 23.0 Å². The fourth-order valence-corrected chi connectivity index (χ4v) is 2.90. The average molecular weight is 456 g/mol. The van der Waals surface area contributed by atoms with Crippen LogP contribution >= 0.6 is 0 Å². The lowest BCUT2D eigenvalue weighted by molar-refractivity contribution is -0.132. The Morgan fingerprint density at radius 3 is 1.48 bits per heavy atom. The van der Waals surface area contributed by atoms with E-state index in [1.807, 2.05) is 0 Å². The minimum atomic E-state index is -1.02. The standard InChI is InChI=1S/C25H28O8/c1-30-20-10-6-18(8-12-24(26)27)16-22(20)32-14-4-3-5-15-33-23-17-19(9-13-25(28)29)7-11-21(23)31-2/h6-13,16-17H,3-5,14-15H2,1-2H3,(H,26,27)(H,28,29)/b12-8+,13-9+. The average Bonchev–Trinajstić information content (AvgIpc) is 2.80. The summed E-state index contributed by atoms with van der Waals surface area (Å²) < 4.78 is 22.2. The molecule has 0 aliphatic rings. The quantitative estimate of drug-likeness (QED) is 0.315. The highest BCUT2D eigenvalue weighted by molar-refractivity contribution is 5.86. The summed E-state index contributed by atoms with van der Waals surface area (Å²) >= 11 is 0. The number of carboxylic acid groups (broad SMARTS) is 2. The van der Waals surface area contributed by atoms with E-state index < -0.39 is 11.9 Å². The number of benzene rings is 2. The molecule has 0 aromatic heterocycles. The smallest absolute Gasteiger partial charge is 0.328 e. The van der Waals surface area contributed by atoms with Crippen LogP contribution in [0.5, 0.6) is 23.0 Å². The van der Waals surface area contributed by atoms with Crippen molar-refractivity contribution in [3.05, 3.63) is 59.7 Å². The molecule has 0 atom stereocenters. The molecule has 2 aromatic rings. The Hall–Kier alpha value is -3.94. The van der Waals surface area contributed by atoms with Crippen molar-refractivity contribution in [3.63, 3.8) is 0 Å². The molecule has 0 unspecified atom stereocenters. The van der Waals surface area contributed by atoms with Gasteiger partial charge < -0.3 is 29.2 Å². The van der Waals surface area contributed by atoms with E-state index in [1.54, 1.807) is 50.6 Å². The lowest BCUT2D eigenvalue weighted by atomic mass is 10.2. The molecule has 33 heavy (non-hydrogen) atoms. The number of hydrogen-bond acceptors (Lipinski definition) is 6. The van der Waals surface area contributed by atoms with Crippen LogP contribution in [0.2, 0.25) is 0 Å². The Balaban J connectivity index is 1.80. The van der Waals surface area contributed by atoms with Crippen molar-refractivity contribution in [2.24, 2.45) is 0 Å². The first-order valence-corrected chi connectivity index (χ1v) is 10.4. The van der Waals surface area contributed by atoms with Gasteiger partial charge in [0.1, 0.15) is 0 Å². The summed E-state index contributed by atoms with van der Waals surface area (Å²) in [7, 11) is 3.10. The molecule has 176 valence electrons. The van der Waals surface area contributed by atoms with Gasteiger partial charge in [0.05, 0.1) is 27.4 Å². The second kappa shape index (κ2) is 13.5. The lowest BCUT2D eigenvalue weighted by Gasteiger charge is -2.12. The maximum atomic E-state index is 10.7. The van der Waals surface area contributed by atoms with Crippen molar-refractivity contribution >= 4 is 24.1 Å². The first kappa shape index (κ1) is 25.3. The summed E-state index contributed by atoms with van der Waals surface area (Å²) in [5.74, 6) is 0.229. The van der Waals surface area contributed by atoms with Crippen LogP contribution in [0, 0.1) is 0 Å². The van der Waals surface area contributed by atoms with E-state index >= 15 is 0 Å². The van der Waals surface area contributed by atoms with Gasteiger partial charge in [-0.25, -0.2) is 9.59 Å². The Labute approximate surface area is 192 Å². The van der Waals surface area contributed by atoms with Crippen molar-refractivity contribution in [1.82, 2.24) is 0 Å². The van der Waals surface area contributed by atoms with E-state index in [4.69, 9.17) is 29.2 Å². The zero-order valence-electron chi connectivity index (χ0n) is 18.7. The van der Waals surface area contributed by atoms with Crippen LogP contribution in [0.25, 0.3) is 12.2 Å². The normalized spacial score (nSPS) is 11.0. The molecular weight excluding hydrogens is 428 g/mol. The van der Waals surface area contributed by atoms with Crippen LogP contribution in [0.15, 0.2) is 48.6 Å². The third-order valence-electron chi connectivity index (χ3n) is 4.52. The maximum Gasteiger partial charge on any atom is 0.328 e. The summed E-state index contributed by atoms with van der Waals surface area (Å²) in [4.78, 5) is 21.4. The molecule has 2 rings (SSSR count). The van der Waals surface area contributed by atoms with Crippen LogP contribution < -0.4 is 18.9 Å². The first-order valence-electron chi connectivity index (χ1n) is 10.4. The van der Waals surface area contributed by atoms with Crippen LogP contribution in [-0.2, 0) is 9.59 Å². The molecule has 2 N–H and O–H groups in total. The second-order valence-corrected chi connectivity index (χ2v) is 6.92. The van der Waals surface area contributed by atoms with Crippen molar-refractivity contribution in [2.45, 2.75) is 19.3 Å². The number of rotatable bonds is 14. The second-order valence-electron chi connectivity index (χ2n) is 6.92. The Morgan fingerprint density at radius 2 is 1.12 bits per heavy atom. The van der Waals surface area contributed by atoms with Gasteiger partial charge in [-0.2, -0.15) is 0 Å². The molecular formula is C25H28O8. The topological polar surface area (TPSA) is 112 Å². The van der Waals surface area contributed by atoms with Gasteiger partial charge in [-0.3, -0.25) is 0 Å². The van der Waals surface area contributed by atoms with Gasteiger partial charge in [0, 0.05) is 12.2 Å². The fraction of sp³-hybridized carbons (Fsp3) is 0.280. The lowest BCUT2D eigenvalue weighted by Crippen LogP contribution is -2.03. The number of ether oxygens (including phenoxy) is 4. The monoisotopic (exact) mass is 456 g/mol. The predicted molar refractivity (Wildman–Crippen MR) is 124 cm³/mol. The number of aliphatic carboxylic acids is 2. The molecule has 0 spiro atoms. The summed E-state index contributed by atoms with van der Waals surface area (Å²) in [5.41, 5.74) is 1.41. The molecule has 8 heteroatoms. The van der Waals surface area contributed by atoms with Crippen LogP contribution in [0.1, 0.15) is 30.4 Å². The van der Waals surface area contributed by atoms with Crippen molar-refractivity contribution in [2.75, 3.05) is 27.4 Å². The summed E-state index contributed by atoms with van der Waals surface area (Å²) in [6.07, 6.45) is 7.57. The minimum Gasteiger partial charge on any atom is -0.493 e.